The Morgan fingerprint density at radius 1 is 0.886 bits per heavy atom. The minimum atomic E-state index is -4.99. The second-order valence-corrected chi connectivity index (χ2v) is 11.3. The molecule has 3 aromatic carbocycles. The molecule has 0 unspecified atom stereocenters. The lowest BCUT2D eigenvalue weighted by Crippen LogP contribution is -2.46. The molecule has 2 saturated heterocycles. The number of nitrogens with one attached hydrogen (secondary N) is 1. The van der Waals surface area contributed by atoms with E-state index in [1.807, 2.05) is 0 Å². The lowest BCUT2D eigenvalue weighted by molar-refractivity contribution is -0.143. The topological polar surface area (TPSA) is 59.4 Å². The molecule has 0 atom stereocenters. The SMILES string of the molecule is Cl.N#Cc1cc2ccccc2c(C(=O)NCc2cc(C(F)(F)F)cc(C(F)(F)F)c2)c1CN1CCC(N2CCCCC2)CC1. The number of piperidine rings is 2. The maximum Gasteiger partial charge on any atom is 0.416 e. The minimum absolute atomic E-state index is 0. The zero-order chi connectivity index (χ0) is 30.8. The Morgan fingerprint density at radius 3 is 2.09 bits per heavy atom. The van der Waals surface area contributed by atoms with Crippen LogP contribution in [0.15, 0.2) is 48.5 Å². The van der Waals surface area contributed by atoms with Gasteiger partial charge in [0, 0.05) is 19.1 Å². The van der Waals surface area contributed by atoms with Crippen LogP contribution in [-0.4, -0.2) is 47.9 Å². The van der Waals surface area contributed by atoms with Crippen LogP contribution in [-0.2, 0) is 25.4 Å². The number of amides is 1. The van der Waals surface area contributed by atoms with Gasteiger partial charge in [0.1, 0.15) is 0 Å². The summed E-state index contributed by atoms with van der Waals surface area (Å²) in [7, 11) is 0. The summed E-state index contributed by atoms with van der Waals surface area (Å²) in [5.74, 6) is -0.669. The summed E-state index contributed by atoms with van der Waals surface area (Å²) < 4.78 is 80.2. The van der Waals surface area contributed by atoms with Crippen molar-refractivity contribution < 1.29 is 31.1 Å². The fourth-order valence-corrected chi connectivity index (χ4v) is 6.26. The van der Waals surface area contributed by atoms with E-state index in [0.717, 1.165) is 39.0 Å². The van der Waals surface area contributed by atoms with Crippen molar-refractivity contribution >= 4 is 29.1 Å². The average molecular weight is 639 g/mol. The van der Waals surface area contributed by atoms with Crippen LogP contribution in [0.1, 0.15) is 70.3 Å². The lowest BCUT2D eigenvalue weighted by atomic mass is 9.92. The van der Waals surface area contributed by atoms with Crippen molar-refractivity contribution in [1.82, 2.24) is 15.1 Å². The Hall–Kier alpha value is -3.33. The van der Waals surface area contributed by atoms with Gasteiger partial charge in [-0.05, 0) is 98.0 Å². The summed E-state index contributed by atoms with van der Waals surface area (Å²) in [5.41, 5.74) is -2.22. The zero-order valence-corrected chi connectivity index (χ0v) is 24.7. The quantitative estimate of drug-likeness (QED) is 0.283. The number of carbonyl (C=O) groups is 1. The van der Waals surface area contributed by atoms with Gasteiger partial charge < -0.3 is 10.2 Å². The summed E-state index contributed by atoms with van der Waals surface area (Å²) in [4.78, 5) is 18.4. The Balaban J connectivity index is 0.00000442. The highest BCUT2D eigenvalue weighted by atomic mass is 35.5. The molecule has 0 bridgehead atoms. The molecule has 1 N–H and O–H groups in total. The van der Waals surface area contributed by atoms with E-state index in [-0.39, 0.29) is 29.6 Å². The number of benzene rings is 3. The van der Waals surface area contributed by atoms with E-state index in [2.05, 4.69) is 21.2 Å². The third-order valence-electron chi connectivity index (χ3n) is 8.45. The van der Waals surface area contributed by atoms with Crippen LogP contribution >= 0.6 is 12.4 Å². The Bertz CT molecular complexity index is 1490. The third kappa shape index (κ3) is 7.65. The van der Waals surface area contributed by atoms with Crippen molar-refractivity contribution in [3.63, 3.8) is 0 Å². The highest BCUT2D eigenvalue weighted by molar-refractivity contribution is 6.09. The number of hydrogen-bond donors (Lipinski definition) is 1. The minimum Gasteiger partial charge on any atom is -0.348 e. The molecule has 5 nitrogen and oxygen atoms in total. The Morgan fingerprint density at radius 2 is 1.50 bits per heavy atom. The van der Waals surface area contributed by atoms with Gasteiger partial charge >= 0.3 is 12.4 Å². The molecule has 0 spiro atoms. The second kappa shape index (κ2) is 13.8. The number of carbonyl (C=O) groups excluding carboxylic acids is 1. The van der Waals surface area contributed by atoms with Crippen LogP contribution in [0.4, 0.5) is 26.3 Å². The van der Waals surface area contributed by atoms with Gasteiger partial charge in [-0.15, -0.1) is 12.4 Å². The number of rotatable bonds is 6. The van der Waals surface area contributed by atoms with Crippen LogP contribution in [0, 0.1) is 11.3 Å². The largest absolute Gasteiger partial charge is 0.416 e. The van der Waals surface area contributed by atoms with Gasteiger partial charge in [0.05, 0.1) is 28.3 Å². The summed E-state index contributed by atoms with van der Waals surface area (Å²) in [6.07, 6.45) is -4.38. The molecule has 44 heavy (non-hydrogen) atoms. The molecule has 3 aromatic rings. The van der Waals surface area contributed by atoms with Crippen molar-refractivity contribution in [2.75, 3.05) is 26.2 Å². The van der Waals surface area contributed by atoms with Gasteiger partial charge in [-0.2, -0.15) is 31.6 Å². The number of halogens is 7. The van der Waals surface area contributed by atoms with Crippen molar-refractivity contribution in [3.05, 3.63) is 81.9 Å². The molecule has 12 heteroatoms. The average Bonchev–Trinajstić information content (AvgIpc) is 2.99. The zero-order valence-electron chi connectivity index (χ0n) is 23.9. The first-order valence-electron chi connectivity index (χ1n) is 14.4. The van der Waals surface area contributed by atoms with Gasteiger partial charge in [-0.3, -0.25) is 9.69 Å². The number of alkyl halides is 6. The van der Waals surface area contributed by atoms with Gasteiger partial charge in [-0.25, -0.2) is 0 Å². The molecular weight excluding hydrogens is 606 g/mol. The molecule has 236 valence electrons. The predicted molar refractivity (Wildman–Crippen MR) is 157 cm³/mol. The second-order valence-electron chi connectivity index (χ2n) is 11.3. The van der Waals surface area contributed by atoms with Crippen LogP contribution in [0.25, 0.3) is 10.8 Å². The van der Waals surface area contributed by atoms with Crippen LogP contribution in [0.2, 0.25) is 0 Å². The van der Waals surface area contributed by atoms with E-state index in [1.54, 1.807) is 30.3 Å². The first-order chi connectivity index (χ1) is 20.4. The van der Waals surface area contributed by atoms with Gasteiger partial charge in [0.25, 0.3) is 5.91 Å². The summed E-state index contributed by atoms with van der Waals surface area (Å²) in [5, 5.41) is 13.8. The van der Waals surface area contributed by atoms with Crippen LogP contribution in [0.3, 0.4) is 0 Å². The number of hydrogen-bond acceptors (Lipinski definition) is 4. The number of nitriles is 1. The third-order valence-corrected chi connectivity index (χ3v) is 8.45. The van der Waals surface area contributed by atoms with Gasteiger partial charge in [0.15, 0.2) is 0 Å². The molecule has 0 aromatic heterocycles. The molecule has 2 fully saturated rings. The van der Waals surface area contributed by atoms with Crippen molar-refractivity contribution in [2.24, 2.45) is 0 Å². The van der Waals surface area contributed by atoms with Crippen molar-refractivity contribution in [3.8, 4) is 6.07 Å². The molecule has 2 aliphatic heterocycles. The summed E-state index contributed by atoms with van der Waals surface area (Å²) in [6, 6.07) is 12.6. The van der Waals surface area contributed by atoms with Crippen LogP contribution in [0.5, 0.6) is 0 Å². The number of likely N-dealkylation sites (tertiary alicyclic amines) is 2. The molecule has 2 aliphatic rings. The molecule has 1 amide bonds. The standard InChI is InChI=1S/C32H32F6N4O.ClH/c33-31(34,35)24-14-21(15-25(17-24)32(36,37)38)19-40-30(43)29-27-7-3-2-6-22(27)16-23(18-39)28(29)20-41-12-8-26(9-13-41)42-10-4-1-5-11-42;/h2-3,6-7,14-17,26H,1,4-5,8-13,19-20H2,(H,40,43);1H. The van der Waals surface area contributed by atoms with E-state index in [1.165, 1.54) is 19.3 Å². The van der Waals surface area contributed by atoms with E-state index < -0.39 is 35.9 Å². The van der Waals surface area contributed by atoms with Crippen LogP contribution < -0.4 is 5.32 Å². The first-order valence-corrected chi connectivity index (χ1v) is 14.4. The maximum absolute atomic E-state index is 13.7. The summed E-state index contributed by atoms with van der Waals surface area (Å²) >= 11 is 0. The van der Waals surface area contributed by atoms with E-state index in [4.69, 9.17) is 0 Å². The van der Waals surface area contributed by atoms with Crippen molar-refractivity contribution in [1.29, 1.82) is 5.26 Å². The highest BCUT2D eigenvalue weighted by Gasteiger charge is 2.37. The fraction of sp³-hybridized carbons (Fsp3) is 0.438. The number of fused-ring (bicyclic) bond motifs is 1. The Kier molecular flexibility index (Phi) is 10.5. The first kappa shape index (κ1) is 33.6. The molecule has 0 aliphatic carbocycles. The maximum atomic E-state index is 13.7. The van der Waals surface area contributed by atoms with E-state index >= 15 is 0 Å². The smallest absolute Gasteiger partial charge is 0.348 e. The molecule has 0 saturated carbocycles. The predicted octanol–water partition coefficient (Wildman–Crippen LogP) is 7.55. The van der Waals surface area contributed by atoms with Crippen molar-refractivity contribution in [2.45, 2.75) is 63.6 Å². The highest BCUT2D eigenvalue weighted by Crippen LogP contribution is 2.36. The van der Waals surface area contributed by atoms with E-state index in [0.29, 0.717) is 46.6 Å². The lowest BCUT2D eigenvalue weighted by Gasteiger charge is -2.40. The molecular formula is C32H33ClF6N4O. The number of nitrogens with zero attached hydrogens (tertiary/aromatic N) is 3. The molecule has 5 rings (SSSR count). The van der Waals surface area contributed by atoms with E-state index in [9.17, 15) is 36.4 Å². The summed E-state index contributed by atoms with van der Waals surface area (Å²) in [6.45, 7) is 3.54. The Labute approximate surface area is 258 Å². The molecule has 0 radical (unpaired) electrons. The van der Waals surface area contributed by atoms with Gasteiger partial charge in [-0.1, -0.05) is 30.7 Å². The normalized spacial score (nSPS) is 17.2. The fourth-order valence-electron chi connectivity index (χ4n) is 6.26. The van der Waals surface area contributed by atoms with Gasteiger partial charge in [0.2, 0.25) is 0 Å². The monoisotopic (exact) mass is 638 g/mol. The molecule has 2 heterocycles.